The average Bonchev–Trinajstić information content (AvgIpc) is 3.31. The van der Waals surface area contributed by atoms with E-state index in [0.29, 0.717) is 18.0 Å². The van der Waals surface area contributed by atoms with Crippen LogP contribution in [-0.4, -0.2) is 35.7 Å². The summed E-state index contributed by atoms with van der Waals surface area (Å²) in [4.78, 5) is 4.50. The van der Waals surface area contributed by atoms with Crippen molar-refractivity contribution in [2.75, 3.05) is 31.3 Å². The molecule has 110 valence electrons. The van der Waals surface area contributed by atoms with E-state index in [4.69, 9.17) is 9.47 Å². The third-order valence-corrected chi connectivity index (χ3v) is 5.66. The minimum absolute atomic E-state index is 0.414. The molecule has 1 aliphatic heterocycles. The van der Waals surface area contributed by atoms with E-state index in [-0.39, 0.29) is 0 Å². The van der Waals surface area contributed by atoms with Crippen LogP contribution < -0.4 is 14.8 Å². The zero-order chi connectivity index (χ0) is 14.3. The van der Waals surface area contributed by atoms with E-state index < -0.39 is 0 Å². The molecular weight excluding hydrogens is 284 g/mol. The summed E-state index contributed by atoms with van der Waals surface area (Å²) >= 11 is 1.95. The highest BCUT2D eigenvalue weighted by Gasteiger charge is 2.41. The number of ether oxygens (including phenoxy) is 2. The van der Waals surface area contributed by atoms with Crippen LogP contribution in [0.4, 0.5) is 5.82 Å². The van der Waals surface area contributed by atoms with Gasteiger partial charge >= 0.3 is 0 Å². The van der Waals surface area contributed by atoms with Gasteiger partial charge in [-0.15, -0.1) is 0 Å². The third-order valence-electron chi connectivity index (χ3n) is 4.25. The molecule has 1 fully saturated rings. The molecule has 2 aromatic rings. The average molecular weight is 302 g/mol. The number of pyridine rings is 1. The number of nitrogens with zero attached hydrogens (tertiary/aromatic N) is 1. The summed E-state index contributed by atoms with van der Waals surface area (Å²) < 4.78 is 11.7. The first kappa shape index (κ1) is 13.1. The Morgan fingerprint density at radius 2 is 2.00 bits per heavy atom. The van der Waals surface area contributed by atoms with Crippen LogP contribution in [0.5, 0.6) is 11.5 Å². The molecule has 1 aliphatic carbocycles. The Balaban J connectivity index is 1.68. The van der Waals surface area contributed by atoms with E-state index in [1.165, 1.54) is 12.8 Å². The van der Waals surface area contributed by atoms with Crippen molar-refractivity contribution < 1.29 is 9.47 Å². The molecule has 1 aromatic carbocycles. The van der Waals surface area contributed by atoms with Crippen molar-refractivity contribution in [2.24, 2.45) is 0 Å². The summed E-state index contributed by atoms with van der Waals surface area (Å²) in [6.07, 6.45) is 6.61. The third kappa shape index (κ3) is 2.39. The van der Waals surface area contributed by atoms with Gasteiger partial charge in [-0.1, -0.05) is 0 Å². The maximum Gasteiger partial charge on any atom is 0.162 e. The summed E-state index contributed by atoms with van der Waals surface area (Å²) in [5, 5.41) is 5.75. The van der Waals surface area contributed by atoms with Gasteiger partial charge in [0, 0.05) is 22.9 Å². The first-order valence-electron chi connectivity index (χ1n) is 7.27. The number of nitrogens with one attached hydrogen (secondary N) is 1. The molecule has 1 saturated carbocycles. The summed E-state index contributed by atoms with van der Waals surface area (Å²) in [5.74, 6) is 2.58. The van der Waals surface area contributed by atoms with Crippen LogP contribution in [0.25, 0.3) is 10.8 Å². The van der Waals surface area contributed by atoms with Crippen LogP contribution in [0, 0.1) is 0 Å². The van der Waals surface area contributed by atoms with Gasteiger partial charge in [-0.2, -0.15) is 11.8 Å². The highest BCUT2D eigenvalue weighted by Crippen LogP contribution is 2.47. The number of aromatic nitrogens is 1. The van der Waals surface area contributed by atoms with Gasteiger partial charge in [-0.3, -0.25) is 0 Å². The Morgan fingerprint density at radius 1 is 1.24 bits per heavy atom. The number of benzene rings is 1. The second-order valence-corrected chi connectivity index (χ2v) is 6.89. The lowest BCUT2D eigenvalue weighted by atomic mass is 10.1. The van der Waals surface area contributed by atoms with Crippen LogP contribution in [0.1, 0.15) is 12.8 Å². The maximum absolute atomic E-state index is 5.68. The Morgan fingerprint density at radius 3 is 2.71 bits per heavy atom. The van der Waals surface area contributed by atoms with E-state index >= 15 is 0 Å². The number of hydrogen-bond acceptors (Lipinski definition) is 5. The first-order valence-corrected chi connectivity index (χ1v) is 8.50. The van der Waals surface area contributed by atoms with Crippen molar-refractivity contribution in [1.82, 2.24) is 4.98 Å². The van der Waals surface area contributed by atoms with Gasteiger partial charge in [0.25, 0.3) is 0 Å². The lowest BCUT2D eigenvalue weighted by Gasteiger charge is -2.20. The first-order chi connectivity index (χ1) is 10.3. The van der Waals surface area contributed by atoms with E-state index in [0.717, 1.165) is 34.6 Å². The molecule has 4 nitrogen and oxygen atoms in total. The second kappa shape index (κ2) is 4.98. The van der Waals surface area contributed by atoms with Gasteiger partial charge in [0.05, 0.1) is 0 Å². The van der Waals surface area contributed by atoms with E-state index in [2.05, 4.69) is 16.6 Å². The van der Waals surface area contributed by atoms with Crippen molar-refractivity contribution in [1.29, 1.82) is 0 Å². The van der Waals surface area contributed by atoms with Crippen LogP contribution in [-0.2, 0) is 0 Å². The molecular formula is C16H18N2O2S. The number of thioether (sulfide) groups is 1. The van der Waals surface area contributed by atoms with Gasteiger partial charge in [0.2, 0.25) is 0 Å². The van der Waals surface area contributed by atoms with Crippen molar-refractivity contribution in [3.8, 4) is 11.5 Å². The van der Waals surface area contributed by atoms with Crippen molar-refractivity contribution in [2.45, 2.75) is 17.6 Å². The van der Waals surface area contributed by atoms with Crippen LogP contribution in [0.2, 0.25) is 0 Å². The van der Waals surface area contributed by atoms with E-state index in [9.17, 15) is 0 Å². The molecule has 0 atom stereocenters. The van der Waals surface area contributed by atoms with Crippen molar-refractivity contribution in [3.05, 3.63) is 24.4 Å². The molecule has 2 aliphatic rings. The normalized spacial score (nSPS) is 18.5. The Hall–Kier alpha value is -1.62. The predicted molar refractivity (Wildman–Crippen MR) is 86.7 cm³/mol. The summed E-state index contributed by atoms with van der Waals surface area (Å²) in [5.41, 5.74) is 0. The molecule has 1 N–H and O–H groups in total. The van der Waals surface area contributed by atoms with Crippen LogP contribution in [0.15, 0.2) is 24.4 Å². The highest BCUT2D eigenvalue weighted by atomic mass is 32.2. The van der Waals surface area contributed by atoms with Crippen LogP contribution in [0.3, 0.4) is 0 Å². The molecule has 0 bridgehead atoms. The lowest BCUT2D eigenvalue weighted by molar-refractivity contribution is 0.172. The van der Waals surface area contributed by atoms with Gasteiger partial charge < -0.3 is 14.8 Å². The summed E-state index contributed by atoms with van der Waals surface area (Å²) in [6, 6.07) is 6.09. The SMILES string of the molecule is CSC1(CNc2nccc3cc4c(cc23)OCCO4)CC1. The van der Waals surface area contributed by atoms with E-state index in [1.807, 2.05) is 36.2 Å². The molecule has 0 radical (unpaired) electrons. The van der Waals surface area contributed by atoms with Gasteiger partial charge in [0.15, 0.2) is 11.5 Å². The van der Waals surface area contributed by atoms with Crippen LogP contribution >= 0.6 is 11.8 Å². The molecule has 2 heterocycles. The Labute approximate surface area is 128 Å². The lowest BCUT2D eigenvalue weighted by Crippen LogP contribution is -2.18. The van der Waals surface area contributed by atoms with Gasteiger partial charge in [-0.05, 0) is 42.7 Å². The standard InChI is InChI=1S/C16H18N2O2S/c1-21-16(3-4-16)10-18-15-12-9-14-13(19-6-7-20-14)8-11(12)2-5-17-15/h2,5,8-9H,3-4,6-7,10H2,1H3,(H,17,18). The summed E-state index contributed by atoms with van der Waals surface area (Å²) in [6.45, 7) is 2.19. The Kier molecular flexibility index (Phi) is 3.10. The predicted octanol–water partition coefficient (Wildman–Crippen LogP) is 3.31. The minimum Gasteiger partial charge on any atom is -0.486 e. The molecule has 5 heteroatoms. The largest absolute Gasteiger partial charge is 0.486 e. The molecule has 0 saturated heterocycles. The number of anilines is 1. The fourth-order valence-corrected chi connectivity index (χ4v) is 3.41. The molecule has 0 unspecified atom stereocenters. The fraction of sp³-hybridized carbons (Fsp3) is 0.438. The Bertz CT molecular complexity index is 685. The van der Waals surface area contributed by atoms with Gasteiger partial charge in [0.1, 0.15) is 19.0 Å². The molecule has 4 rings (SSSR count). The fourth-order valence-electron chi connectivity index (χ4n) is 2.69. The monoisotopic (exact) mass is 302 g/mol. The number of fused-ring (bicyclic) bond motifs is 2. The van der Waals surface area contributed by atoms with Crippen molar-refractivity contribution >= 4 is 28.4 Å². The quantitative estimate of drug-likeness (QED) is 0.938. The molecule has 0 amide bonds. The maximum atomic E-state index is 5.68. The smallest absolute Gasteiger partial charge is 0.162 e. The molecule has 1 aromatic heterocycles. The number of hydrogen-bond donors (Lipinski definition) is 1. The van der Waals surface area contributed by atoms with E-state index in [1.54, 1.807) is 0 Å². The second-order valence-electron chi connectivity index (χ2n) is 5.62. The molecule has 0 spiro atoms. The van der Waals surface area contributed by atoms with Crippen molar-refractivity contribution in [3.63, 3.8) is 0 Å². The zero-order valence-electron chi connectivity index (χ0n) is 12.0. The topological polar surface area (TPSA) is 43.4 Å². The molecule has 21 heavy (non-hydrogen) atoms. The summed E-state index contributed by atoms with van der Waals surface area (Å²) in [7, 11) is 0. The number of rotatable bonds is 4. The zero-order valence-corrected chi connectivity index (χ0v) is 12.8. The minimum atomic E-state index is 0.414. The van der Waals surface area contributed by atoms with Gasteiger partial charge in [-0.25, -0.2) is 4.98 Å². The highest BCUT2D eigenvalue weighted by molar-refractivity contribution is 8.00.